The van der Waals surface area contributed by atoms with Gasteiger partial charge in [0.1, 0.15) is 19.3 Å². The summed E-state index contributed by atoms with van der Waals surface area (Å²) < 4.78 is 68.1. The highest BCUT2D eigenvalue weighted by atomic mass is 31.2. The summed E-state index contributed by atoms with van der Waals surface area (Å²) in [5.74, 6) is -2.13. The van der Waals surface area contributed by atoms with Crippen LogP contribution in [0.15, 0.2) is 0 Å². The third-order valence-corrected chi connectivity index (χ3v) is 18.5. The van der Waals surface area contributed by atoms with Crippen LogP contribution in [-0.2, 0) is 65.4 Å². The lowest BCUT2D eigenvalue weighted by Crippen LogP contribution is -2.30. The van der Waals surface area contributed by atoms with E-state index in [9.17, 15) is 43.2 Å². The molecule has 0 aliphatic carbocycles. The lowest BCUT2D eigenvalue weighted by Gasteiger charge is -2.21. The molecular weight excluding hydrogens is 1190 g/mol. The number of carbonyl (C=O) groups is 4. The quantitative estimate of drug-likeness (QED) is 0.0222. The van der Waals surface area contributed by atoms with Crippen LogP contribution in [0.25, 0.3) is 0 Å². The van der Waals surface area contributed by atoms with Crippen LogP contribution in [-0.4, -0.2) is 96.7 Å². The second-order valence-electron chi connectivity index (χ2n) is 25.6. The highest BCUT2D eigenvalue weighted by Crippen LogP contribution is 2.45. The molecule has 17 nitrogen and oxygen atoms in total. The molecule has 0 aliphatic heterocycles. The molecule has 0 bridgehead atoms. The van der Waals surface area contributed by atoms with Crippen molar-refractivity contribution in [3.63, 3.8) is 0 Å². The van der Waals surface area contributed by atoms with Crippen molar-refractivity contribution in [3.8, 4) is 0 Å². The van der Waals surface area contributed by atoms with Gasteiger partial charge < -0.3 is 33.8 Å². The molecule has 0 aromatic carbocycles. The van der Waals surface area contributed by atoms with Crippen molar-refractivity contribution in [1.29, 1.82) is 0 Å². The van der Waals surface area contributed by atoms with Crippen molar-refractivity contribution in [2.24, 2.45) is 0 Å². The van der Waals surface area contributed by atoms with Gasteiger partial charge in [-0.1, -0.05) is 323 Å². The fraction of sp³-hybridized carbons (Fsp3) is 0.944. The predicted octanol–water partition coefficient (Wildman–Crippen LogP) is 20.7. The third kappa shape index (κ3) is 64.8. The first kappa shape index (κ1) is 88.1. The smallest absolute Gasteiger partial charge is 0.462 e. The SMILES string of the molecule is CCCCCCCCCCCCCCCCCCCCCC(=O)O[C@H](COC(=O)CCCCCCCCCCCCCCCCCC)COP(=O)(O)OC[C@@H](O)COP(=O)(O)OC[C@@H](COC(=O)CCCCCCC)OC(=O)CCCCCCCCCCCC. The molecule has 0 fully saturated rings. The van der Waals surface area contributed by atoms with Crippen LogP contribution in [0.3, 0.4) is 0 Å². The molecule has 0 aromatic rings. The fourth-order valence-electron chi connectivity index (χ4n) is 10.9. The van der Waals surface area contributed by atoms with Crippen molar-refractivity contribution < 1.29 is 80.2 Å². The fourth-order valence-corrected chi connectivity index (χ4v) is 12.4. The van der Waals surface area contributed by atoms with E-state index in [0.717, 1.165) is 96.3 Å². The van der Waals surface area contributed by atoms with E-state index < -0.39 is 97.5 Å². The summed E-state index contributed by atoms with van der Waals surface area (Å²) in [5, 5.41) is 10.6. The summed E-state index contributed by atoms with van der Waals surface area (Å²) in [6, 6.07) is 0. The number of aliphatic hydroxyl groups excluding tert-OH is 1. The number of esters is 4. The first-order chi connectivity index (χ1) is 43.7. The van der Waals surface area contributed by atoms with Crippen molar-refractivity contribution in [1.82, 2.24) is 0 Å². The largest absolute Gasteiger partial charge is 0.472 e. The molecule has 0 aliphatic rings. The van der Waals surface area contributed by atoms with E-state index in [4.69, 9.17) is 37.0 Å². The van der Waals surface area contributed by atoms with Crippen molar-refractivity contribution in [2.45, 2.75) is 393 Å². The molecule has 2 unspecified atom stereocenters. The Hall–Kier alpha value is -1.94. The number of phosphoric ester groups is 2. The zero-order valence-corrected chi connectivity index (χ0v) is 59.9. The van der Waals surface area contributed by atoms with Crippen LogP contribution < -0.4 is 0 Å². The van der Waals surface area contributed by atoms with Gasteiger partial charge in [-0.3, -0.25) is 37.3 Å². The van der Waals surface area contributed by atoms with Crippen LogP contribution in [0.4, 0.5) is 0 Å². The lowest BCUT2D eigenvalue weighted by atomic mass is 10.0. The Bertz CT molecular complexity index is 1720. The first-order valence-electron chi connectivity index (χ1n) is 37.3. The molecule has 0 heterocycles. The van der Waals surface area contributed by atoms with E-state index >= 15 is 0 Å². The van der Waals surface area contributed by atoms with Crippen LogP contribution in [0.1, 0.15) is 374 Å². The number of phosphoric acid groups is 2. The molecule has 3 N–H and O–H groups in total. The second-order valence-corrected chi connectivity index (χ2v) is 28.5. The number of hydrogen-bond acceptors (Lipinski definition) is 15. The van der Waals surface area contributed by atoms with E-state index in [1.165, 1.54) is 199 Å². The van der Waals surface area contributed by atoms with E-state index in [1.54, 1.807) is 0 Å². The van der Waals surface area contributed by atoms with Gasteiger partial charge in [-0.15, -0.1) is 0 Å². The molecule has 90 heavy (non-hydrogen) atoms. The Labute approximate surface area is 549 Å². The number of aliphatic hydroxyl groups is 1. The van der Waals surface area contributed by atoms with Gasteiger partial charge in [0.05, 0.1) is 26.4 Å². The zero-order valence-electron chi connectivity index (χ0n) is 58.1. The van der Waals surface area contributed by atoms with Crippen LogP contribution in [0.5, 0.6) is 0 Å². The normalized spacial score (nSPS) is 14.0. The minimum Gasteiger partial charge on any atom is -0.462 e. The average Bonchev–Trinajstić information content (AvgIpc) is 3.65. The van der Waals surface area contributed by atoms with Gasteiger partial charge in [0, 0.05) is 25.7 Å². The molecule has 534 valence electrons. The van der Waals surface area contributed by atoms with Crippen molar-refractivity contribution >= 4 is 39.5 Å². The van der Waals surface area contributed by atoms with Gasteiger partial charge in [-0.25, -0.2) is 9.13 Å². The summed E-state index contributed by atoms with van der Waals surface area (Å²) in [6.07, 6.45) is 54.6. The minimum absolute atomic E-state index is 0.106. The first-order valence-corrected chi connectivity index (χ1v) is 40.3. The van der Waals surface area contributed by atoms with Gasteiger partial charge in [0.2, 0.25) is 0 Å². The van der Waals surface area contributed by atoms with E-state index in [0.29, 0.717) is 25.7 Å². The number of ether oxygens (including phenoxy) is 4. The summed E-state index contributed by atoms with van der Waals surface area (Å²) in [6.45, 7) is 4.86. The van der Waals surface area contributed by atoms with Gasteiger partial charge in [0.15, 0.2) is 12.2 Å². The minimum atomic E-state index is -4.95. The Balaban J connectivity index is 5.13. The van der Waals surface area contributed by atoms with Gasteiger partial charge in [-0.05, 0) is 25.7 Å². The van der Waals surface area contributed by atoms with Crippen LogP contribution in [0, 0.1) is 0 Å². The molecule has 5 atom stereocenters. The summed E-state index contributed by atoms with van der Waals surface area (Å²) in [5.41, 5.74) is 0. The van der Waals surface area contributed by atoms with Gasteiger partial charge >= 0.3 is 39.5 Å². The standard InChI is InChI=1S/C71H138O17P2/c1-5-9-13-17-20-23-26-28-30-32-33-34-36-38-40-43-46-50-54-58-71(76)88-67(62-82-69(74)56-52-48-44-42-39-37-35-31-29-27-24-21-18-14-10-6-2)64-86-90(79,80)84-60-65(72)59-83-89(77,78)85-63-66(61-81-68(73)55-51-47-16-12-8-4)87-70(75)57-53-49-45-41-25-22-19-15-11-7-3/h65-67,72H,5-64H2,1-4H3,(H,77,78)(H,79,80)/t65-,66+,67+/m0/s1. The Morgan fingerprint density at radius 1 is 0.267 bits per heavy atom. The van der Waals surface area contributed by atoms with Crippen LogP contribution >= 0.6 is 15.6 Å². The Kier molecular flexibility index (Phi) is 64.3. The molecular formula is C71H138O17P2. The summed E-state index contributed by atoms with van der Waals surface area (Å²) in [7, 11) is -9.89. The predicted molar refractivity (Wildman–Crippen MR) is 363 cm³/mol. The highest BCUT2D eigenvalue weighted by molar-refractivity contribution is 7.47. The highest BCUT2D eigenvalue weighted by Gasteiger charge is 2.30. The Morgan fingerprint density at radius 2 is 0.444 bits per heavy atom. The zero-order chi connectivity index (χ0) is 66.1. The van der Waals surface area contributed by atoms with E-state index in [1.807, 2.05) is 0 Å². The number of rotatable bonds is 72. The summed E-state index contributed by atoms with van der Waals surface area (Å²) >= 11 is 0. The van der Waals surface area contributed by atoms with Crippen LogP contribution in [0.2, 0.25) is 0 Å². The lowest BCUT2D eigenvalue weighted by molar-refractivity contribution is -0.161. The molecule has 0 spiro atoms. The Morgan fingerprint density at radius 3 is 0.656 bits per heavy atom. The average molecular weight is 1330 g/mol. The van der Waals surface area contributed by atoms with Gasteiger partial charge in [-0.2, -0.15) is 0 Å². The monoisotopic (exact) mass is 1320 g/mol. The summed E-state index contributed by atoms with van der Waals surface area (Å²) in [4.78, 5) is 72.3. The third-order valence-electron chi connectivity index (χ3n) is 16.6. The molecule has 0 aromatic heterocycles. The maximum Gasteiger partial charge on any atom is 0.472 e. The number of carbonyl (C=O) groups excluding carboxylic acids is 4. The van der Waals surface area contributed by atoms with Gasteiger partial charge in [0.25, 0.3) is 0 Å². The maximum absolute atomic E-state index is 13.0. The van der Waals surface area contributed by atoms with E-state index in [2.05, 4.69) is 27.7 Å². The molecule has 0 radical (unpaired) electrons. The van der Waals surface area contributed by atoms with Crippen molar-refractivity contribution in [2.75, 3.05) is 39.6 Å². The maximum atomic E-state index is 13.0. The molecule has 0 amide bonds. The molecule has 0 rings (SSSR count). The van der Waals surface area contributed by atoms with E-state index in [-0.39, 0.29) is 25.7 Å². The topological polar surface area (TPSA) is 237 Å². The molecule has 19 heteroatoms. The number of unbranched alkanes of at least 4 members (excludes halogenated alkanes) is 46. The molecule has 0 saturated carbocycles. The second kappa shape index (κ2) is 65.7. The van der Waals surface area contributed by atoms with Crippen molar-refractivity contribution in [3.05, 3.63) is 0 Å². The number of hydrogen-bond donors (Lipinski definition) is 3. The molecule has 0 saturated heterocycles.